The van der Waals surface area contributed by atoms with Gasteiger partial charge in [0.1, 0.15) is 12.2 Å². The molecule has 1 heterocycles. The summed E-state index contributed by atoms with van der Waals surface area (Å²) in [6, 6.07) is 0. The number of nitrogens with zero attached hydrogens (tertiary/aromatic N) is 3. The van der Waals surface area contributed by atoms with E-state index in [1.807, 2.05) is 4.68 Å². The maximum atomic E-state index is 6.70. The highest BCUT2D eigenvalue weighted by atomic mass is 15.3. The van der Waals surface area contributed by atoms with Crippen molar-refractivity contribution in [1.29, 1.82) is 0 Å². The number of nitrogens with two attached hydrogens (primary N) is 1. The molecule has 1 saturated carbocycles. The summed E-state index contributed by atoms with van der Waals surface area (Å²) in [5, 5.41) is 4.36. The van der Waals surface area contributed by atoms with Gasteiger partial charge >= 0.3 is 0 Å². The summed E-state index contributed by atoms with van der Waals surface area (Å²) in [5.74, 6) is 3.13. The zero-order valence-corrected chi connectivity index (χ0v) is 13.5. The Morgan fingerprint density at radius 1 is 1.40 bits per heavy atom. The fourth-order valence-electron chi connectivity index (χ4n) is 3.41. The van der Waals surface area contributed by atoms with Crippen molar-refractivity contribution in [3.63, 3.8) is 0 Å². The van der Waals surface area contributed by atoms with E-state index < -0.39 is 0 Å². The standard InChI is InChI=1S/C16H30N4/c1-12(2)10-20-15(18-11-19-20)9-16(17)7-5-6-14(8-16)13(3)4/h11-14H,5-10,17H2,1-4H3. The van der Waals surface area contributed by atoms with Crippen LogP contribution in [0.5, 0.6) is 0 Å². The van der Waals surface area contributed by atoms with Gasteiger partial charge < -0.3 is 5.73 Å². The van der Waals surface area contributed by atoms with E-state index >= 15 is 0 Å². The predicted octanol–water partition coefficient (Wildman–Crippen LogP) is 3.02. The van der Waals surface area contributed by atoms with Crippen molar-refractivity contribution < 1.29 is 0 Å². The Hall–Kier alpha value is -0.900. The Kier molecular flexibility index (Phi) is 4.84. The molecular formula is C16H30N4. The second-order valence-corrected chi connectivity index (χ2v) is 7.39. The fourth-order valence-corrected chi connectivity index (χ4v) is 3.41. The Balaban J connectivity index is 2.06. The predicted molar refractivity (Wildman–Crippen MR) is 82.3 cm³/mol. The Morgan fingerprint density at radius 3 is 2.80 bits per heavy atom. The van der Waals surface area contributed by atoms with Crippen molar-refractivity contribution in [3.05, 3.63) is 12.2 Å². The van der Waals surface area contributed by atoms with Crippen LogP contribution in [0, 0.1) is 17.8 Å². The van der Waals surface area contributed by atoms with Gasteiger partial charge in [0, 0.05) is 18.5 Å². The number of hydrogen-bond acceptors (Lipinski definition) is 3. The van der Waals surface area contributed by atoms with E-state index in [0.29, 0.717) is 5.92 Å². The zero-order chi connectivity index (χ0) is 14.8. The molecule has 1 aliphatic carbocycles. The second-order valence-electron chi connectivity index (χ2n) is 7.39. The van der Waals surface area contributed by atoms with Crippen molar-refractivity contribution in [2.24, 2.45) is 23.5 Å². The van der Waals surface area contributed by atoms with Crippen molar-refractivity contribution in [3.8, 4) is 0 Å². The number of rotatable bonds is 5. The SMILES string of the molecule is CC(C)Cn1ncnc1CC1(N)CCCC(C(C)C)C1. The van der Waals surface area contributed by atoms with Crippen LogP contribution >= 0.6 is 0 Å². The van der Waals surface area contributed by atoms with Crippen molar-refractivity contribution >= 4 is 0 Å². The fraction of sp³-hybridized carbons (Fsp3) is 0.875. The van der Waals surface area contributed by atoms with Crippen LogP contribution in [0.4, 0.5) is 0 Å². The summed E-state index contributed by atoms with van der Waals surface area (Å²) in [6.07, 6.45) is 7.35. The summed E-state index contributed by atoms with van der Waals surface area (Å²) >= 11 is 0. The van der Waals surface area contributed by atoms with E-state index in [1.165, 1.54) is 12.8 Å². The van der Waals surface area contributed by atoms with Crippen LogP contribution in [-0.4, -0.2) is 20.3 Å². The lowest BCUT2D eigenvalue weighted by Gasteiger charge is -2.39. The topological polar surface area (TPSA) is 56.7 Å². The van der Waals surface area contributed by atoms with Gasteiger partial charge in [-0.3, -0.25) is 0 Å². The lowest BCUT2D eigenvalue weighted by Crippen LogP contribution is -2.47. The molecule has 4 heteroatoms. The molecule has 2 atom stereocenters. The van der Waals surface area contributed by atoms with Crippen LogP contribution in [0.1, 0.15) is 59.2 Å². The van der Waals surface area contributed by atoms with Gasteiger partial charge in [0.05, 0.1) is 0 Å². The van der Waals surface area contributed by atoms with Gasteiger partial charge in [-0.2, -0.15) is 5.10 Å². The van der Waals surface area contributed by atoms with Crippen LogP contribution in [0.3, 0.4) is 0 Å². The van der Waals surface area contributed by atoms with Crippen LogP contribution in [0.15, 0.2) is 6.33 Å². The van der Waals surface area contributed by atoms with Crippen molar-refractivity contribution in [2.45, 2.75) is 71.9 Å². The molecule has 20 heavy (non-hydrogen) atoms. The van der Waals surface area contributed by atoms with Gasteiger partial charge in [0.2, 0.25) is 0 Å². The lowest BCUT2D eigenvalue weighted by molar-refractivity contribution is 0.179. The minimum atomic E-state index is -0.0883. The highest BCUT2D eigenvalue weighted by molar-refractivity contribution is 5.00. The van der Waals surface area contributed by atoms with Crippen LogP contribution in [-0.2, 0) is 13.0 Å². The number of hydrogen-bond donors (Lipinski definition) is 1. The zero-order valence-electron chi connectivity index (χ0n) is 13.5. The number of aromatic nitrogens is 3. The summed E-state index contributed by atoms with van der Waals surface area (Å²) in [4.78, 5) is 4.45. The van der Waals surface area contributed by atoms with Crippen LogP contribution in [0.2, 0.25) is 0 Å². The Labute approximate surface area is 123 Å². The largest absolute Gasteiger partial charge is 0.325 e. The molecule has 0 radical (unpaired) electrons. The van der Waals surface area contributed by atoms with E-state index in [-0.39, 0.29) is 5.54 Å². The molecular weight excluding hydrogens is 248 g/mol. The first kappa shape index (κ1) is 15.5. The Bertz CT molecular complexity index is 424. The molecule has 1 aliphatic rings. The monoisotopic (exact) mass is 278 g/mol. The first-order valence-electron chi connectivity index (χ1n) is 8.05. The van der Waals surface area contributed by atoms with Crippen molar-refractivity contribution in [1.82, 2.24) is 14.8 Å². The van der Waals surface area contributed by atoms with E-state index in [0.717, 1.165) is 43.5 Å². The first-order chi connectivity index (χ1) is 9.39. The summed E-state index contributed by atoms with van der Waals surface area (Å²) in [5.41, 5.74) is 6.61. The molecule has 114 valence electrons. The summed E-state index contributed by atoms with van der Waals surface area (Å²) < 4.78 is 2.04. The highest BCUT2D eigenvalue weighted by Crippen LogP contribution is 2.36. The maximum absolute atomic E-state index is 6.70. The van der Waals surface area contributed by atoms with Gasteiger partial charge in [-0.1, -0.05) is 40.5 Å². The molecule has 2 N–H and O–H groups in total. The normalized spacial score (nSPS) is 27.4. The van der Waals surface area contributed by atoms with Gasteiger partial charge in [-0.15, -0.1) is 0 Å². The molecule has 0 spiro atoms. The molecule has 1 aromatic rings. The average molecular weight is 278 g/mol. The Morgan fingerprint density at radius 2 is 2.15 bits per heavy atom. The smallest absolute Gasteiger partial charge is 0.138 e. The van der Waals surface area contributed by atoms with E-state index in [1.54, 1.807) is 6.33 Å². The van der Waals surface area contributed by atoms with Crippen LogP contribution in [0.25, 0.3) is 0 Å². The third-order valence-corrected chi connectivity index (χ3v) is 4.61. The third kappa shape index (κ3) is 3.81. The molecule has 0 aliphatic heterocycles. The summed E-state index contributed by atoms with van der Waals surface area (Å²) in [6.45, 7) is 9.98. The van der Waals surface area contributed by atoms with Crippen molar-refractivity contribution in [2.75, 3.05) is 0 Å². The van der Waals surface area contributed by atoms with Gasteiger partial charge in [0.25, 0.3) is 0 Å². The second kappa shape index (κ2) is 6.25. The molecule has 0 bridgehead atoms. The molecule has 2 rings (SSSR count). The maximum Gasteiger partial charge on any atom is 0.138 e. The molecule has 0 saturated heterocycles. The quantitative estimate of drug-likeness (QED) is 0.900. The molecule has 0 amide bonds. The van der Waals surface area contributed by atoms with Gasteiger partial charge in [-0.25, -0.2) is 9.67 Å². The first-order valence-corrected chi connectivity index (χ1v) is 8.05. The molecule has 2 unspecified atom stereocenters. The molecule has 1 aromatic heterocycles. The van der Waals surface area contributed by atoms with E-state index in [9.17, 15) is 0 Å². The molecule has 1 fully saturated rings. The lowest BCUT2D eigenvalue weighted by atomic mass is 9.71. The molecule has 4 nitrogen and oxygen atoms in total. The van der Waals surface area contributed by atoms with E-state index in [2.05, 4.69) is 37.8 Å². The average Bonchev–Trinajstić information content (AvgIpc) is 2.75. The minimum absolute atomic E-state index is 0.0883. The van der Waals surface area contributed by atoms with Gasteiger partial charge in [-0.05, 0) is 30.6 Å². The van der Waals surface area contributed by atoms with Gasteiger partial charge in [0.15, 0.2) is 0 Å². The van der Waals surface area contributed by atoms with E-state index in [4.69, 9.17) is 5.73 Å². The summed E-state index contributed by atoms with van der Waals surface area (Å²) in [7, 11) is 0. The third-order valence-electron chi connectivity index (χ3n) is 4.61. The van der Waals surface area contributed by atoms with Crippen LogP contribution < -0.4 is 5.73 Å². The highest BCUT2D eigenvalue weighted by Gasteiger charge is 2.35. The molecule has 0 aromatic carbocycles. The minimum Gasteiger partial charge on any atom is -0.325 e.